The van der Waals surface area contributed by atoms with E-state index in [1.165, 1.54) is 31.3 Å². The molecule has 3 N–H and O–H groups in total. The summed E-state index contributed by atoms with van der Waals surface area (Å²) >= 11 is 0. The summed E-state index contributed by atoms with van der Waals surface area (Å²) in [5.41, 5.74) is 7.29. The van der Waals surface area contributed by atoms with E-state index in [1.807, 2.05) is 0 Å². The molecule has 0 bridgehead atoms. The average molecular weight is 486 g/mol. The largest absolute Gasteiger partial charge is 0.450 e. The number of allylic oxidation sites excluding steroid dienone is 1. The number of aliphatic hydroxyl groups excluding tert-OH is 1. The number of ether oxygens (including phenoxy) is 1. The Morgan fingerprint density at radius 2 is 1.63 bits per heavy atom. The van der Waals surface area contributed by atoms with E-state index < -0.39 is 0 Å². The Morgan fingerprint density at radius 3 is 2.29 bits per heavy atom. The third-order valence-corrected chi connectivity index (χ3v) is 13.7. The SMILES string of the molecule is C=C(C)[C@@H]1CC[C@]2(C(=O)OCN)CC[C@]3(C)[C@H](CC[C@@H]4[C@@]5(C)CC[C@H](O)C(C)(C)[C@@H]5CC[C@]43C)[C@@H]12. The lowest BCUT2D eigenvalue weighted by molar-refractivity contribution is -0.248. The fourth-order valence-corrected chi connectivity index (χ4v) is 11.7. The van der Waals surface area contributed by atoms with E-state index in [1.54, 1.807) is 0 Å². The summed E-state index contributed by atoms with van der Waals surface area (Å²) < 4.78 is 5.56. The number of fused-ring (bicyclic) bond motifs is 7. The fraction of sp³-hybridized carbons (Fsp3) is 0.903. The molecule has 0 spiro atoms. The summed E-state index contributed by atoms with van der Waals surface area (Å²) in [5.74, 6) is 2.46. The Morgan fingerprint density at radius 1 is 0.914 bits per heavy atom. The Bertz CT molecular complexity index is 898. The molecule has 0 aliphatic heterocycles. The zero-order valence-corrected chi connectivity index (χ0v) is 23.3. The number of nitrogens with two attached hydrogens (primary N) is 1. The van der Waals surface area contributed by atoms with Gasteiger partial charge in [0.05, 0.1) is 11.5 Å². The predicted octanol–water partition coefficient (Wildman–Crippen LogP) is 6.46. The Balaban J connectivity index is 1.55. The molecule has 5 saturated carbocycles. The highest BCUT2D eigenvalue weighted by atomic mass is 16.5. The number of aliphatic hydroxyl groups is 1. The minimum absolute atomic E-state index is 0.0176. The minimum Gasteiger partial charge on any atom is -0.450 e. The van der Waals surface area contributed by atoms with Gasteiger partial charge >= 0.3 is 5.97 Å². The summed E-state index contributed by atoms with van der Waals surface area (Å²) in [5, 5.41) is 10.9. The second-order valence-corrected chi connectivity index (χ2v) is 14.8. The van der Waals surface area contributed by atoms with Gasteiger partial charge in [-0.1, -0.05) is 46.8 Å². The third-order valence-electron chi connectivity index (χ3n) is 13.7. The average Bonchev–Trinajstić information content (AvgIpc) is 3.19. The fourth-order valence-electron chi connectivity index (χ4n) is 11.7. The lowest BCUT2D eigenvalue weighted by Crippen LogP contribution is -2.67. The van der Waals surface area contributed by atoms with Crippen LogP contribution in [0.2, 0.25) is 0 Å². The number of rotatable bonds is 3. The third kappa shape index (κ3) is 3.14. The van der Waals surface area contributed by atoms with E-state index in [2.05, 4.69) is 48.1 Å². The molecule has 5 aliphatic rings. The van der Waals surface area contributed by atoms with Crippen molar-refractivity contribution in [2.75, 3.05) is 6.73 Å². The van der Waals surface area contributed by atoms with Crippen molar-refractivity contribution >= 4 is 5.97 Å². The van der Waals surface area contributed by atoms with Crippen molar-refractivity contribution in [3.8, 4) is 0 Å². The van der Waals surface area contributed by atoms with E-state index in [0.29, 0.717) is 29.6 Å². The maximum Gasteiger partial charge on any atom is 0.313 e. The Labute approximate surface area is 213 Å². The van der Waals surface area contributed by atoms with E-state index in [4.69, 9.17) is 10.5 Å². The molecule has 0 aromatic carbocycles. The second kappa shape index (κ2) is 8.06. The van der Waals surface area contributed by atoms with Gasteiger partial charge < -0.3 is 9.84 Å². The normalized spacial score (nSPS) is 52.5. The molecular formula is C31H51NO3. The van der Waals surface area contributed by atoms with Crippen molar-refractivity contribution in [2.45, 2.75) is 112 Å². The molecule has 0 aromatic heterocycles. The zero-order valence-electron chi connectivity index (χ0n) is 23.3. The number of carbonyl (C=O) groups is 1. The predicted molar refractivity (Wildman–Crippen MR) is 140 cm³/mol. The maximum absolute atomic E-state index is 13.5. The van der Waals surface area contributed by atoms with Crippen molar-refractivity contribution < 1.29 is 14.6 Å². The van der Waals surface area contributed by atoms with Crippen LogP contribution in [0.1, 0.15) is 106 Å². The first-order valence-corrected chi connectivity index (χ1v) is 14.5. The van der Waals surface area contributed by atoms with E-state index in [9.17, 15) is 9.90 Å². The molecule has 4 heteroatoms. The first-order chi connectivity index (χ1) is 16.3. The first kappa shape index (κ1) is 25.8. The summed E-state index contributed by atoms with van der Waals surface area (Å²) in [6.07, 6.45) is 10.8. The van der Waals surface area contributed by atoms with Crippen LogP contribution in [-0.4, -0.2) is 23.9 Å². The van der Waals surface area contributed by atoms with Gasteiger partial charge in [0.25, 0.3) is 0 Å². The molecule has 4 nitrogen and oxygen atoms in total. The lowest BCUT2D eigenvalue weighted by atomic mass is 9.32. The molecule has 0 saturated heterocycles. The van der Waals surface area contributed by atoms with E-state index in [0.717, 1.165) is 38.5 Å². The smallest absolute Gasteiger partial charge is 0.313 e. The monoisotopic (exact) mass is 485 g/mol. The van der Waals surface area contributed by atoms with Crippen molar-refractivity contribution in [1.29, 1.82) is 0 Å². The van der Waals surface area contributed by atoms with Crippen molar-refractivity contribution in [2.24, 2.45) is 62.4 Å². The number of hydrogen-bond acceptors (Lipinski definition) is 4. The summed E-state index contributed by atoms with van der Waals surface area (Å²) in [6, 6.07) is 0. The number of esters is 1. The molecule has 5 aliphatic carbocycles. The van der Waals surface area contributed by atoms with Gasteiger partial charge in [-0.25, -0.2) is 0 Å². The molecule has 0 heterocycles. The molecule has 0 radical (unpaired) electrons. The van der Waals surface area contributed by atoms with E-state index in [-0.39, 0.29) is 45.9 Å². The topological polar surface area (TPSA) is 72.5 Å². The molecule has 0 unspecified atom stereocenters. The van der Waals surface area contributed by atoms with Crippen LogP contribution in [0.4, 0.5) is 0 Å². The maximum atomic E-state index is 13.5. The summed E-state index contributed by atoms with van der Waals surface area (Å²) in [6.45, 7) is 19.0. The van der Waals surface area contributed by atoms with Gasteiger partial charge in [0, 0.05) is 0 Å². The summed E-state index contributed by atoms with van der Waals surface area (Å²) in [7, 11) is 0. The van der Waals surface area contributed by atoms with Crippen LogP contribution in [0.3, 0.4) is 0 Å². The van der Waals surface area contributed by atoms with Crippen molar-refractivity contribution in [3.63, 3.8) is 0 Å². The molecule has 5 fully saturated rings. The molecule has 10 atom stereocenters. The van der Waals surface area contributed by atoms with Gasteiger partial charge in [0.1, 0.15) is 6.73 Å². The van der Waals surface area contributed by atoms with Crippen LogP contribution in [0.5, 0.6) is 0 Å². The van der Waals surface area contributed by atoms with Crippen molar-refractivity contribution in [1.82, 2.24) is 0 Å². The number of carbonyl (C=O) groups excluding carboxylic acids is 1. The van der Waals surface area contributed by atoms with Gasteiger partial charge in [0.2, 0.25) is 0 Å². The molecule has 0 aromatic rings. The van der Waals surface area contributed by atoms with Crippen LogP contribution in [-0.2, 0) is 9.53 Å². The quantitative estimate of drug-likeness (QED) is 0.273. The minimum atomic E-state index is -0.381. The second-order valence-electron chi connectivity index (χ2n) is 14.8. The highest BCUT2D eigenvalue weighted by molar-refractivity contribution is 5.78. The van der Waals surface area contributed by atoms with Gasteiger partial charge in [-0.15, -0.1) is 0 Å². The van der Waals surface area contributed by atoms with Crippen LogP contribution < -0.4 is 5.73 Å². The molecular weight excluding hydrogens is 434 g/mol. The lowest BCUT2D eigenvalue weighted by Gasteiger charge is -2.72. The van der Waals surface area contributed by atoms with Crippen LogP contribution >= 0.6 is 0 Å². The number of hydrogen-bond donors (Lipinski definition) is 2. The first-order valence-electron chi connectivity index (χ1n) is 14.5. The van der Waals surface area contributed by atoms with Crippen LogP contribution in [0.25, 0.3) is 0 Å². The van der Waals surface area contributed by atoms with Gasteiger partial charge in [-0.05, 0) is 122 Å². The Kier molecular flexibility index (Phi) is 5.94. The van der Waals surface area contributed by atoms with Crippen molar-refractivity contribution in [3.05, 3.63) is 12.2 Å². The van der Waals surface area contributed by atoms with Gasteiger partial charge in [0.15, 0.2) is 0 Å². The van der Waals surface area contributed by atoms with Crippen LogP contribution in [0, 0.1) is 56.7 Å². The summed E-state index contributed by atoms with van der Waals surface area (Å²) in [4.78, 5) is 13.5. The standard InChI is InChI=1S/C31H51NO3/c1-19(2)20-10-15-31(26(34)35-18-32)17-16-29(6)21(25(20)31)8-9-23-28(5)13-12-24(33)27(3,4)22(28)11-14-30(23,29)7/h20-25,33H,1,8-18,32H2,2-7H3/t20-,21+,22-,23+,24-,25+,28-,29+,30+,31-/m0/s1. The Hall–Kier alpha value is -0.870. The molecule has 5 rings (SSSR count). The van der Waals surface area contributed by atoms with Crippen LogP contribution in [0.15, 0.2) is 12.2 Å². The molecule has 198 valence electrons. The van der Waals surface area contributed by atoms with Gasteiger partial charge in [-0.2, -0.15) is 0 Å². The highest BCUT2D eigenvalue weighted by Crippen LogP contribution is 2.77. The zero-order chi connectivity index (χ0) is 25.6. The molecule has 0 amide bonds. The van der Waals surface area contributed by atoms with Gasteiger partial charge in [-0.3, -0.25) is 10.5 Å². The molecule has 35 heavy (non-hydrogen) atoms. The van der Waals surface area contributed by atoms with E-state index >= 15 is 0 Å². The highest BCUT2D eigenvalue weighted by Gasteiger charge is 2.72.